The summed E-state index contributed by atoms with van der Waals surface area (Å²) in [5, 5.41) is 7.51. The van der Waals surface area contributed by atoms with Gasteiger partial charge in [0, 0.05) is 29.0 Å². The molecular weight excluding hydrogens is 476 g/mol. The van der Waals surface area contributed by atoms with Gasteiger partial charge in [0.2, 0.25) is 0 Å². The Morgan fingerprint density at radius 2 is 1.71 bits per heavy atom. The van der Waals surface area contributed by atoms with Gasteiger partial charge in [-0.05, 0) is 85.6 Å². The van der Waals surface area contributed by atoms with Crippen LogP contribution in [0.5, 0.6) is 0 Å². The molecule has 1 saturated carbocycles. The highest BCUT2D eigenvalue weighted by Crippen LogP contribution is 2.31. The molecule has 168 valence electrons. The van der Waals surface area contributed by atoms with Crippen molar-refractivity contribution < 1.29 is 9.53 Å². The van der Waals surface area contributed by atoms with Crippen molar-refractivity contribution in [1.82, 2.24) is 10.6 Å². The van der Waals surface area contributed by atoms with Crippen LogP contribution < -0.4 is 10.6 Å². The highest BCUT2D eigenvalue weighted by atomic mass is 79.9. The molecule has 0 saturated heterocycles. The number of nitrogens with one attached hydrogen (secondary N) is 2. The van der Waals surface area contributed by atoms with E-state index in [0.717, 1.165) is 41.7 Å². The molecule has 0 heterocycles. The van der Waals surface area contributed by atoms with Crippen molar-refractivity contribution in [1.29, 1.82) is 0 Å². The molecule has 6 heteroatoms. The summed E-state index contributed by atoms with van der Waals surface area (Å²) in [5.74, 6) is 0.243. The molecular formula is C25H32BrClN2O2. The molecule has 0 aromatic heterocycles. The van der Waals surface area contributed by atoms with Crippen LogP contribution in [0.3, 0.4) is 0 Å². The summed E-state index contributed by atoms with van der Waals surface area (Å²) in [6, 6.07) is 17.4. The zero-order valence-electron chi connectivity index (χ0n) is 18.5. The fourth-order valence-corrected chi connectivity index (χ4v) is 4.56. The van der Waals surface area contributed by atoms with Gasteiger partial charge in [-0.3, -0.25) is 0 Å². The lowest BCUT2D eigenvalue weighted by molar-refractivity contribution is 0.0490. The van der Waals surface area contributed by atoms with E-state index in [-0.39, 0.29) is 18.1 Å². The van der Waals surface area contributed by atoms with Crippen LogP contribution in [0.2, 0.25) is 5.02 Å². The smallest absolute Gasteiger partial charge is 0.407 e. The molecule has 31 heavy (non-hydrogen) atoms. The number of hydrogen-bond donors (Lipinski definition) is 2. The maximum absolute atomic E-state index is 12.0. The van der Waals surface area contributed by atoms with E-state index in [2.05, 4.69) is 63.0 Å². The van der Waals surface area contributed by atoms with Gasteiger partial charge in [0.05, 0.1) is 5.02 Å². The van der Waals surface area contributed by atoms with Gasteiger partial charge in [-0.1, -0.05) is 48.0 Å². The maximum atomic E-state index is 12.0. The minimum absolute atomic E-state index is 0.185. The quantitative estimate of drug-likeness (QED) is 0.459. The minimum Gasteiger partial charge on any atom is -0.444 e. The first kappa shape index (κ1) is 24.1. The molecule has 2 aromatic rings. The van der Waals surface area contributed by atoms with Gasteiger partial charge < -0.3 is 15.4 Å². The minimum atomic E-state index is -0.466. The van der Waals surface area contributed by atoms with E-state index in [1.165, 1.54) is 11.1 Å². The normalized spacial score (nSPS) is 20.2. The monoisotopic (exact) mass is 506 g/mol. The molecule has 1 aliphatic rings. The van der Waals surface area contributed by atoms with Gasteiger partial charge in [-0.15, -0.1) is 0 Å². The summed E-state index contributed by atoms with van der Waals surface area (Å²) in [4.78, 5) is 12.0. The Hall–Kier alpha value is -1.56. The second-order valence-corrected chi connectivity index (χ2v) is 10.5. The summed E-state index contributed by atoms with van der Waals surface area (Å²) in [6.45, 7) is 6.51. The topological polar surface area (TPSA) is 50.4 Å². The van der Waals surface area contributed by atoms with E-state index in [1.54, 1.807) is 0 Å². The Balaban J connectivity index is 1.56. The van der Waals surface area contributed by atoms with Crippen LogP contribution in [0.4, 0.5) is 4.79 Å². The summed E-state index contributed by atoms with van der Waals surface area (Å²) < 4.78 is 6.30. The molecule has 2 aromatic carbocycles. The van der Waals surface area contributed by atoms with Crippen molar-refractivity contribution >= 4 is 33.6 Å². The second-order valence-electron chi connectivity index (χ2n) is 9.24. The van der Waals surface area contributed by atoms with E-state index in [9.17, 15) is 4.79 Å². The Bertz CT molecular complexity index is 862. The van der Waals surface area contributed by atoms with Gasteiger partial charge in [-0.2, -0.15) is 0 Å². The van der Waals surface area contributed by atoms with Crippen molar-refractivity contribution in [2.45, 2.75) is 70.1 Å². The molecule has 1 fully saturated rings. The third-order valence-corrected chi connectivity index (χ3v) is 6.82. The highest BCUT2D eigenvalue weighted by Gasteiger charge is 2.25. The zero-order chi connectivity index (χ0) is 22.4. The van der Waals surface area contributed by atoms with Crippen LogP contribution in [0, 0.1) is 0 Å². The van der Waals surface area contributed by atoms with Crippen molar-refractivity contribution in [2.75, 3.05) is 6.54 Å². The van der Waals surface area contributed by atoms with Gasteiger partial charge in [0.1, 0.15) is 5.60 Å². The van der Waals surface area contributed by atoms with Gasteiger partial charge in [0.15, 0.2) is 0 Å². The Kier molecular flexibility index (Phi) is 8.43. The largest absolute Gasteiger partial charge is 0.444 e. The summed E-state index contributed by atoms with van der Waals surface area (Å²) >= 11 is 9.78. The number of benzene rings is 2. The van der Waals surface area contributed by atoms with E-state index >= 15 is 0 Å². The molecule has 1 amide bonds. The van der Waals surface area contributed by atoms with E-state index < -0.39 is 5.60 Å². The summed E-state index contributed by atoms with van der Waals surface area (Å²) in [6.07, 6.45) is 3.67. The van der Waals surface area contributed by atoms with Crippen molar-refractivity contribution in [3.05, 3.63) is 69.2 Å². The fraction of sp³-hybridized carbons (Fsp3) is 0.480. The fourth-order valence-electron chi connectivity index (χ4n) is 4.04. The Morgan fingerprint density at radius 1 is 1.06 bits per heavy atom. The number of halogens is 2. The Labute approximate surface area is 199 Å². The predicted octanol–water partition coefficient (Wildman–Crippen LogP) is 6.66. The van der Waals surface area contributed by atoms with Crippen LogP contribution in [0.25, 0.3) is 0 Å². The molecule has 1 aliphatic carbocycles. The first-order valence-corrected chi connectivity index (χ1v) is 12.1. The molecule has 1 atom stereocenters. The van der Waals surface area contributed by atoms with E-state index in [0.29, 0.717) is 6.04 Å². The lowest BCUT2D eigenvalue weighted by Crippen LogP contribution is -2.44. The standard InChI is InChI=1S/C25H32BrClN2O2/c1-25(2,3)31-24(30)29-20-12-10-19(11-13-20)28-16-21(17-7-5-4-6-8-17)18-9-14-23(27)22(26)15-18/h4-9,14-15,19-21,28H,10-13,16H2,1-3H3,(H,29,30). The van der Waals surface area contributed by atoms with Crippen molar-refractivity contribution in [2.24, 2.45) is 0 Å². The predicted molar refractivity (Wildman–Crippen MR) is 131 cm³/mol. The number of hydrogen-bond acceptors (Lipinski definition) is 3. The first-order valence-electron chi connectivity index (χ1n) is 10.9. The summed E-state index contributed by atoms with van der Waals surface area (Å²) in [7, 11) is 0. The van der Waals surface area contributed by atoms with Gasteiger partial charge in [-0.25, -0.2) is 4.79 Å². The number of amides is 1. The van der Waals surface area contributed by atoms with Crippen molar-refractivity contribution in [3.63, 3.8) is 0 Å². The summed E-state index contributed by atoms with van der Waals surface area (Å²) in [5.41, 5.74) is 2.05. The highest BCUT2D eigenvalue weighted by molar-refractivity contribution is 9.10. The van der Waals surface area contributed by atoms with Crippen LogP contribution in [-0.4, -0.2) is 30.3 Å². The molecule has 1 unspecified atom stereocenters. The third-order valence-electron chi connectivity index (χ3n) is 5.61. The lowest BCUT2D eigenvalue weighted by Gasteiger charge is -2.31. The van der Waals surface area contributed by atoms with E-state index in [1.807, 2.05) is 32.9 Å². The first-order chi connectivity index (χ1) is 14.7. The lowest BCUT2D eigenvalue weighted by atomic mass is 9.88. The maximum Gasteiger partial charge on any atom is 0.407 e. The third kappa shape index (κ3) is 7.51. The number of ether oxygens (including phenoxy) is 1. The molecule has 0 radical (unpaired) electrons. The Morgan fingerprint density at radius 3 is 2.32 bits per heavy atom. The van der Waals surface area contributed by atoms with Crippen LogP contribution in [0.15, 0.2) is 53.0 Å². The van der Waals surface area contributed by atoms with E-state index in [4.69, 9.17) is 16.3 Å². The molecule has 4 nitrogen and oxygen atoms in total. The van der Waals surface area contributed by atoms with Crippen LogP contribution >= 0.6 is 27.5 Å². The van der Waals surface area contributed by atoms with Crippen molar-refractivity contribution in [3.8, 4) is 0 Å². The zero-order valence-corrected chi connectivity index (χ0v) is 20.8. The second kappa shape index (κ2) is 10.8. The SMILES string of the molecule is CC(C)(C)OC(=O)NC1CCC(NCC(c2ccccc2)c2ccc(Cl)c(Br)c2)CC1. The van der Waals surface area contributed by atoms with Crippen LogP contribution in [-0.2, 0) is 4.74 Å². The van der Waals surface area contributed by atoms with Gasteiger partial charge in [0.25, 0.3) is 0 Å². The van der Waals surface area contributed by atoms with Crippen LogP contribution in [0.1, 0.15) is 63.5 Å². The molecule has 0 spiro atoms. The average Bonchev–Trinajstić information content (AvgIpc) is 2.71. The number of carbonyl (C=O) groups is 1. The molecule has 3 rings (SSSR count). The molecule has 0 aliphatic heterocycles. The average molecular weight is 508 g/mol. The van der Waals surface area contributed by atoms with Gasteiger partial charge >= 0.3 is 6.09 Å². The number of carbonyl (C=O) groups excluding carboxylic acids is 1. The molecule has 0 bridgehead atoms. The number of alkyl carbamates (subject to hydrolysis) is 1. The number of rotatable bonds is 6. The molecule has 2 N–H and O–H groups in total.